The number of aromatic nitrogens is 2. The first-order valence-corrected chi connectivity index (χ1v) is 6.45. The largest absolute Gasteiger partial charge is 0.394 e. The Balaban J connectivity index is 1.91. The summed E-state index contributed by atoms with van der Waals surface area (Å²) >= 11 is 11.7. The van der Waals surface area contributed by atoms with E-state index in [0.29, 0.717) is 10.6 Å². The maximum Gasteiger partial charge on any atom is 0.225 e. The SMILES string of the molecule is OCC1CC2(CC2)CN1c1cc(Cl)nc(Cl)n1. The number of aliphatic hydroxyl groups excluding tert-OH is 1. The summed E-state index contributed by atoms with van der Waals surface area (Å²) in [5, 5.41) is 9.94. The van der Waals surface area contributed by atoms with Gasteiger partial charge in [0.2, 0.25) is 5.28 Å². The first-order valence-electron chi connectivity index (χ1n) is 5.69. The number of anilines is 1. The minimum absolute atomic E-state index is 0.125. The van der Waals surface area contributed by atoms with E-state index in [-0.39, 0.29) is 17.9 Å². The van der Waals surface area contributed by atoms with Crippen LogP contribution in [0.2, 0.25) is 10.4 Å². The molecule has 1 aromatic rings. The van der Waals surface area contributed by atoms with Crippen molar-refractivity contribution in [3.05, 3.63) is 16.5 Å². The molecule has 1 unspecified atom stereocenters. The maximum atomic E-state index is 9.45. The Bertz CT molecular complexity index is 430. The third-order valence-corrected chi connectivity index (χ3v) is 4.09. The second kappa shape index (κ2) is 3.97. The van der Waals surface area contributed by atoms with Crippen molar-refractivity contribution in [2.24, 2.45) is 5.41 Å². The van der Waals surface area contributed by atoms with Crippen molar-refractivity contribution in [3.63, 3.8) is 0 Å². The van der Waals surface area contributed by atoms with Crippen LogP contribution in [-0.2, 0) is 0 Å². The van der Waals surface area contributed by atoms with Crippen LogP contribution in [0.3, 0.4) is 0 Å². The second-order valence-electron chi connectivity index (χ2n) is 4.99. The topological polar surface area (TPSA) is 49.2 Å². The van der Waals surface area contributed by atoms with Crippen LogP contribution >= 0.6 is 23.2 Å². The summed E-state index contributed by atoms with van der Waals surface area (Å²) in [5.74, 6) is 0.720. The number of rotatable bonds is 2. The molecule has 2 aliphatic rings. The summed E-state index contributed by atoms with van der Waals surface area (Å²) in [7, 11) is 0. The summed E-state index contributed by atoms with van der Waals surface area (Å²) in [6.07, 6.45) is 3.52. The monoisotopic (exact) mass is 273 g/mol. The van der Waals surface area contributed by atoms with Gasteiger partial charge in [0.1, 0.15) is 11.0 Å². The van der Waals surface area contributed by atoms with Gasteiger partial charge >= 0.3 is 0 Å². The van der Waals surface area contributed by atoms with Crippen LogP contribution in [-0.4, -0.2) is 34.3 Å². The van der Waals surface area contributed by atoms with Crippen LogP contribution in [0, 0.1) is 5.41 Å². The minimum atomic E-state index is 0.125. The standard InChI is InChI=1S/C11H13Cl2N3O/c12-8-3-9(15-10(13)14-8)16-6-11(1-2-11)4-7(16)5-17/h3,7,17H,1-2,4-6H2. The van der Waals surface area contributed by atoms with Crippen LogP contribution < -0.4 is 4.90 Å². The van der Waals surface area contributed by atoms with E-state index in [1.54, 1.807) is 6.07 Å². The lowest BCUT2D eigenvalue weighted by Gasteiger charge is -2.24. The van der Waals surface area contributed by atoms with E-state index in [1.165, 1.54) is 12.8 Å². The molecule has 0 amide bonds. The molecule has 6 heteroatoms. The summed E-state index contributed by atoms with van der Waals surface area (Å²) in [4.78, 5) is 10.1. The molecule has 92 valence electrons. The minimum Gasteiger partial charge on any atom is -0.394 e. The molecule has 0 aromatic carbocycles. The van der Waals surface area contributed by atoms with Gasteiger partial charge in [0.05, 0.1) is 12.6 Å². The Morgan fingerprint density at radius 1 is 1.41 bits per heavy atom. The highest BCUT2D eigenvalue weighted by molar-refractivity contribution is 6.32. The highest BCUT2D eigenvalue weighted by Gasteiger charge is 2.52. The van der Waals surface area contributed by atoms with E-state index in [1.807, 2.05) is 0 Å². The van der Waals surface area contributed by atoms with E-state index >= 15 is 0 Å². The van der Waals surface area contributed by atoms with Gasteiger partial charge in [0, 0.05) is 12.6 Å². The van der Waals surface area contributed by atoms with Gasteiger partial charge in [-0.05, 0) is 36.3 Å². The molecule has 1 N–H and O–H groups in total. The molecular formula is C11H13Cl2N3O. The van der Waals surface area contributed by atoms with E-state index in [9.17, 15) is 5.11 Å². The molecule has 2 fully saturated rings. The summed E-state index contributed by atoms with van der Waals surface area (Å²) in [6.45, 7) is 1.07. The first-order chi connectivity index (χ1) is 8.12. The molecule has 1 saturated carbocycles. The molecule has 2 heterocycles. The molecule has 0 radical (unpaired) electrons. The Hall–Kier alpha value is -0.580. The smallest absolute Gasteiger partial charge is 0.225 e. The number of nitrogens with zero attached hydrogens (tertiary/aromatic N) is 3. The zero-order valence-electron chi connectivity index (χ0n) is 9.24. The predicted molar refractivity (Wildman–Crippen MR) is 66.6 cm³/mol. The van der Waals surface area contributed by atoms with Gasteiger partial charge in [0.25, 0.3) is 0 Å². The Morgan fingerprint density at radius 2 is 2.18 bits per heavy atom. The van der Waals surface area contributed by atoms with Gasteiger partial charge in [-0.3, -0.25) is 0 Å². The van der Waals surface area contributed by atoms with E-state index in [4.69, 9.17) is 23.2 Å². The third kappa shape index (κ3) is 2.09. The zero-order chi connectivity index (χ0) is 12.0. The van der Waals surface area contributed by atoms with Crippen molar-refractivity contribution in [2.45, 2.75) is 25.3 Å². The molecule has 17 heavy (non-hydrogen) atoms. The van der Waals surface area contributed by atoms with Crippen LogP contribution in [0.4, 0.5) is 5.82 Å². The maximum absolute atomic E-state index is 9.45. The fraction of sp³-hybridized carbons (Fsp3) is 0.636. The van der Waals surface area contributed by atoms with Crippen molar-refractivity contribution < 1.29 is 5.11 Å². The van der Waals surface area contributed by atoms with Gasteiger partial charge in [-0.15, -0.1) is 0 Å². The lowest BCUT2D eigenvalue weighted by atomic mass is 10.0. The zero-order valence-corrected chi connectivity index (χ0v) is 10.7. The van der Waals surface area contributed by atoms with Gasteiger partial charge in [-0.25, -0.2) is 9.97 Å². The van der Waals surface area contributed by atoms with Crippen LogP contribution in [0.25, 0.3) is 0 Å². The molecule has 4 nitrogen and oxygen atoms in total. The number of hydrogen-bond donors (Lipinski definition) is 1. The van der Waals surface area contributed by atoms with Gasteiger partial charge in [0.15, 0.2) is 0 Å². The number of halogens is 2. The van der Waals surface area contributed by atoms with Crippen LogP contribution in [0.1, 0.15) is 19.3 Å². The third-order valence-electron chi connectivity index (χ3n) is 3.73. The Morgan fingerprint density at radius 3 is 2.76 bits per heavy atom. The van der Waals surface area contributed by atoms with E-state index < -0.39 is 0 Å². The Kier molecular flexibility index (Phi) is 2.69. The molecular weight excluding hydrogens is 261 g/mol. The average molecular weight is 274 g/mol. The quantitative estimate of drug-likeness (QED) is 0.663. The fourth-order valence-electron chi connectivity index (χ4n) is 2.66. The molecule has 0 bridgehead atoms. The summed E-state index contributed by atoms with van der Waals surface area (Å²) in [6, 6.07) is 1.83. The number of aliphatic hydroxyl groups is 1. The molecule has 1 spiro atoms. The van der Waals surface area contributed by atoms with Crippen LogP contribution in [0.15, 0.2) is 6.07 Å². The lowest BCUT2D eigenvalue weighted by Crippen LogP contribution is -2.33. The number of hydrogen-bond acceptors (Lipinski definition) is 4. The van der Waals surface area contributed by atoms with Gasteiger partial charge in [-0.1, -0.05) is 11.6 Å². The average Bonchev–Trinajstić information content (AvgIpc) is 2.89. The van der Waals surface area contributed by atoms with Gasteiger partial charge < -0.3 is 10.0 Å². The molecule has 1 aromatic heterocycles. The van der Waals surface area contributed by atoms with Crippen molar-refractivity contribution in [1.82, 2.24) is 9.97 Å². The fourth-order valence-corrected chi connectivity index (χ4v) is 3.06. The highest BCUT2D eigenvalue weighted by Crippen LogP contribution is 2.55. The van der Waals surface area contributed by atoms with Crippen molar-refractivity contribution in [1.29, 1.82) is 0 Å². The molecule has 1 aliphatic carbocycles. The predicted octanol–water partition coefficient (Wildman–Crippen LogP) is 2.13. The second-order valence-corrected chi connectivity index (χ2v) is 5.71. The molecule has 1 atom stereocenters. The molecule has 3 rings (SSSR count). The van der Waals surface area contributed by atoms with Crippen LogP contribution in [0.5, 0.6) is 0 Å². The lowest BCUT2D eigenvalue weighted by molar-refractivity contribution is 0.261. The normalized spacial score (nSPS) is 25.6. The van der Waals surface area contributed by atoms with E-state index in [2.05, 4.69) is 14.9 Å². The molecule has 1 aliphatic heterocycles. The first kappa shape index (κ1) is 11.5. The Labute approximate surface area is 110 Å². The van der Waals surface area contributed by atoms with E-state index in [0.717, 1.165) is 18.8 Å². The summed E-state index contributed by atoms with van der Waals surface area (Å²) < 4.78 is 0. The highest BCUT2D eigenvalue weighted by atomic mass is 35.5. The van der Waals surface area contributed by atoms with Crippen molar-refractivity contribution in [2.75, 3.05) is 18.1 Å². The summed E-state index contributed by atoms with van der Waals surface area (Å²) in [5.41, 5.74) is 0.400. The molecule has 1 saturated heterocycles. The van der Waals surface area contributed by atoms with Crippen molar-refractivity contribution in [3.8, 4) is 0 Å². The van der Waals surface area contributed by atoms with Gasteiger partial charge in [-0.2, -0.15) is 0 Å². The van der Waals surface area contributed by atoms with Crippen molar-refractivity contribution >= 4 is 29.0 Å².